The van der Waals surface area contributed by atoms with Crippen LogP contribution < -0.4 is 9.47 Å². The summed E-state index contributed by atoms with van der Waals surface area (Å²) in [5, 5.41) is 9.14. The lowest BCUT2D eigenvalue weighted by Crippen LogP contribution is -2.03. The zero-order chi connectivity index (χ0) is 18.2. The second-order valence-electron chi connectivity index (χ2n) is 5.79. The third kappa shape index (κ3) is 4.79. The molecule has 3 rings (SSSR count). The SMILES string of the molecule is CCCOc1ccc(OCCSc2nncn2-c2ccccc2C)cc1. The molecule has 0 amide bonds. The number of nitrogens with zero attached hydrogens (tertiary/aromatic N) is 3. The Hall–Kier alpha value is -2.47. The van der Waals surface area contributed by atoms with Crippen molar-refractivity contribution in [2.75, 3.05) is 19.0 Å². The summed E-state index contributed by atoms with van der Waals surface area (Å²) < 4.78 is 13.4. The van der Waals surface area contributed by atoms with Gasteiger partial charge in [-0.05, 0) is 49.2 Å². The normalized spacial score (nSPS) is 10.7. The highest BCUT2D eigenvalue weighted by atomic mass is 32.2. The molecule has 2 aromatic carbocycles. The summed E-state index contributed by atoms with van der Waals surface area (Å²) in [6.45, 7) is 5.51. The third-order valence-electron chi connectivity index (χ3n) is 3.77. The van der Waals surface area contributed by atoms with Gasteiger partial charge in [0.05, 0.1) is 18.9 Å². The smallest absolute Gasteiger partial charge is 0.195 e. The Balaban J connectivity index is 1.50. The molecule has 26 heavy (non-hydrogen) atoms. The predicted octanol–water partition coefficient (Wildman–Crippen LogP) is 4.54. The molecule has 1 heterocycles. The second kappa shape index (κ2) is 9.29. The quantitative estimate of drug-likeness (QED) is 0.409. The Morgan fingerprint density at radius 1 is 0.962 bits per heavy atom. The van der Waals surface area contributed by atoms with Gasteiger partial charge in [-0.2, -0.15) is 0 Å². The van der Waals surface area contributed by atoms with Gasteiger partial charge in [-0.1, -0.05) is 36.9 Å². The van der Waals surface area contributed by atoms with Gasteiger partial charge < -0.3 is 9.47 Å². The van der Waals surface area contributed by atoms with E-state index in [-0.39, 0.29) is 0 Å². The number of benzene rings is 2. The van der Waals surface area contributed by atoms with Crippen LogP contribution in [0.15, 0.2) is 60.0 Å². The summed E-state index contributed by atoms with van der Waals surface area (Å²) in [5.74, 6) is 2.51. The molecule has 0 saturated carbocycles. The topological polar surface area (TPSA) is 49.2 Å². The summed E-state index contributed by atoms with van der Waals surface area (Å²) in [5.41, 5.74) is 2.29. The molecule has 0 atom stereocenters. The van der Waals surface area contributed by atoms with Crippen LogP contribution in [0.25, 0.3) is 5.69 Å². The Morgan fingerprint density at radius 2 is 1.65 bits per heavy atom. The number of para-hydroxylation sites is 1. The Morgan fingerprint density at radius 3 is 2.35 bits per heavy atom. The minimum absolute atomic E-state index is 0.598. The van der Waals surface area contributed by atoms with E-state index < -0.39 is 0 Å². The molecule has 0 bridgehead atoms. The van der Waals surface area contributed by atoms with Crippen molar-refractivity contribution in [2.24, 2.45) is 0 Å². The molecule has 0 aliphatic rings. The molecule has 1 aromatic heterocycles. The van der Waals surface area contributed by atoms with Crippen LogP contribution in [-0.4, -0.2) is 33.7 Å². The van der Waals surface area contributed by atoms with Crippen LogP contribution in [0.2, 0.25) is 0 Å². The molecule has 0 spiro atoms. The van der Waals surface area contributed by atoms with Crippen molar-refractivity contribution >= 4 is 11.8 Å². The van der Waals surface area contributed by atoms with Crippen molar-refractivity contribution in [3.63, 3.8) is 0 Å². The molecule has 0 saturated heterocycles. The second-order valence-corrected chi connectivity index (χ2v) is 6.85. The van der Waals surface area contributed by atoms with Crippen LogP contribution in [0.4, 0.5) is 0 Å². The average molecular weight is 369 g/mol. The minimum atomic E-state index is 0.598. The average Bonchev–Trinajstić information content (AvgIpc) is 3.13. The molecule has 0 fully saturated rings. The fourth-order valence-corrected chi connectivity index (χ4v) is 3.20. The van der Waals surface area contributed by atoms with Crippen molar-refractivity contribution in [3.8, 4) is 17.2 Å². The van der Waals surface area contributed by atoms with E-state index in [1.807, 2.05) is 41.0 Å². The van der Waals surface area contributed by atoms with Crippen LogP contribution in [-0.2, 0) is 0 Å². The molecule has 5 nitrogen and oxygen atoms in total. The van der Waals surface area contributed by atoms with E-state index in [2.05, 4.69) is 36.2 Å². The molecule has 0 unspecified atom stereocenters. The summed E-state index contributed by atoms with van der Waals surface area (Å²) >= 11 is 1.63. The maximum absolute atomic E-state index is 5.80. The number of hydrogen-bond donors (Lipinski definition) is 0. The lowest BCUT2D eigenvalue weighted by Gasteiger charge is -2.10. The predicted molar refractivity (Wildman–Crippen MR) is 105 cm³/mol. The third-order valence-corrected chi connectivity index (χ3v) is 4.68. The zero-order valence-electron chi connectivity index (χ0n) is 15.1. The van der Waals surface area contributed by atoms with Gasteiger partial charge in [0.1, 0.15) is 17.8 Å². The Kier molecular flexibility index (Phi) is 6.55. The van der Waals surface area contributed by atoms with E-state index in [1.165, 1.54) is 5.56 Å². The van der Waals surface area contributed by atoms with Gasteiger partial charge in [0, 0.05) is 5.75 Å². The zero-order valence-corrected chi connectivity index (χ0v) is 15.9. The van der Waals surface area contributed by atoms with Gasteiger partial charge in [-0.3, -0.25) is 4.57 Å². The Labute approximate surface area is 158 Å². The molecular formula is C20H23N3O2S. The van der Waals surface area contributed by atoms with Crippen LogP contribution in [0.1, 0.15) is 18.9 Å². The van der Waals surface area contributed by atoms with Gasteiger partial charge in [0.25, 0.3) is 0 Å². The summed E-state index contributed by atoms with van der Waals surface area (Å²) in [7, 11) is 0. The van der Waals surface area contributed by atoms with Crippen LogP contribution in [0.3, 0.4) is 0 Å². The number of thioether (sulfide) groups is 1. The van der Waals surface area contributed by atoms with Crippen LogP contribution >= 0.6 is 11.8 Å². The van der Waals surface area contributed by atoms with Gasteiger partial charge in [-0.15, -0.1) is 10.2 Å². The number of rotatable bonds is 9. The van der Waals surface area contributed by atoms with E-state index in [1.54, 1.807) is 18.1 Å². The van der Waals surface area contributed by atoms with E-state index >= 15 is 0 Å². The molecule has 136 valence electrons. The van der Waals surface area contributed by atoms with Gasteiger partial charge in [-0.25, -0.2) is 0 Å². The van der Waals surface area contributed by atoms with Crippen LogP contribution in [0, 0.1) is 6.92 Å². The molecule has 0 aliphatic heterocycles. The first-order chi connectivity index (χ1) is 12.8. The fraction of sp³-hybridized carbons (Fsp3) is 0.300. The number of aryl methyl sites for hydroxylation is 1. The van der Waals surface area contributed by atoms with E-state index in [0.717, 1.165) is 41.1 Å². The number of ether oxygens (including phenoxy) is 2. The van der Waals surface area contributed by atoms with Crippen LogP contribution in [0.5, 0.6) is 11.5 Å². The number of aromatic nitrogens is 3. The first kappa shape index (κ1) is 18.3. The minimum Gasteiger partial charge on any atom is -0.494 e. The van der Waals surface area contributed by atoms with Crippen molar-refractivity contribution in [2.45, 2.75) is 25.4 Å². The molecular weight excluding hydrogens is 346 g/mol. The van der Waals surface area contributed by atoms with E-state index in [0.29, 0.717) is 6.61 Å². The molecule has 0 N–H and O–H groups in total. The van der Waals surface area contributed by atoms with E-state index in [4.69, 9.17) is 9.47 Å². The fourth-order valence-electron chi connectivity index (χ4n) is 2.47. The van der Waals surface area contributed by atoms with Gasteiger partial charge in [0.2, 0.25) is 0 Å². The summed E-state index contributed by atoms with van der Waals surface area (Å²) in [4.78, 5) is 0. The number of hydrogen-bond acceptors (Lipinski definition) is 5. The molecule has 0 aliphatic carbocycles. The lowest BCUT2D eigenvalue weighted by molar-refractivity contribution is 0.314. The van der Waals surface area contributed by atoms with Crippen molar-refractivity contribution in [3.05, 3.63) is 60.4 Å². The lowest BCUT2D eigenvalue weighted by atomic mass is 10.2. The van der Waals surface area contributed by atoms with Gasteiger partial charge in [0.15, 0.2) is 5.16 Å². The first-order valence-electron chi connectivity index (χ1n) is 8.72. The largest absolute Gasteiger partial charge is 0.494 e. The Bertz CT molecular complexity index is 818. The summed E-state index contributed by atoms with van der Waals surface area (Å²) in [6.07, 6.45) is 2.75. The van der Waals surface area contributed by atoms with Gasteiger partial charge >= 0.3 is 0 Å². The molecule has 3 aromatic rings. The summed E-state index contributed by atoms with van der Waals surface area (Å²) in [6, 6.07) is 16.0. The molecule has 0 radical (unpaired) electrons. The molecule has 6 heteroatoms. The van der Waals surface area contributed by atoms with Crippen molar-refractivity contribution in [1.82, 2.24) is 14.8 Å². The van der Waals surface area contributed by atoms with Crippen molar-refractivity contribution < 1.29 is 9.47 Å². The standard InChI is InChI=1S/C20H23N3O2S/c1-3-12-24-17-8-10-18(11-9-17)25-13-14-26-20-22-21-15-23(20)19-7-5-4-6-16(19)2/h4-11,15H,3,12-14H2,1-2H3. The highest BCUT2D eigenvalue weighted by Crippen LogP contribution is 2.22. The highest BCUT2D eigenvalue weighted by molar-refractivity contribution is 7.99. The van der Waals surface area contributed by atoms with Crippen molar-refractivity contribution in [1.29, 1.82) is 0 Å². The first-order valence-corrected chi connectivity index (χ1v) is 9.71. The maximum atomic E-state index is 5.80. The highest BCUT2D eigenvalue weighted by Gasteiger charge is 2.08. The maximum Gasteiger partial charge on any atom is 0.195 e. The monoisotopic (exact) mass is 369 g/mol. The van der Waals surface area contributed by atoms with E-state index in [9.17, 15) is 0 Å².